The van der Waals surface area contributed by atoms with Gasteiger partial charge < -0.3 is 19.1 Å². The van der Waals surface area contributed by atoms with Crippen molar-refractivity contribution in [3.05, 3.63) is 58.6 Å². The molecule has 0 saturated heterocycles. The zero-order valence-electron chi connectivity index (χ0n) is 18.5. The molecule has 4 rings (SSSR count). The third-order valence-corrected chi connectivity index (χ3v) is 6.56. The molecule has 0 radical (unpaired) electrons. The summed E-state index contributed by atoms with van der Waals surface area (Å²) in [4.78, 5) is 40.0. The first-order valence-corrected chi connectivity index (χ1v) is 11.4. The van der Waals surface area contributed by atoms with E-state index in [1.54, 1.807) is 49.5 Å². The predicted octanol–water partition coefficient (Wildman–Crippen LogP) is 3.69. The number of Topliss-reactive ketones (excluding diaryl/α,β-unsaturated/α-hetero) is 1. The van der Waals surface area contributed by atoms with E-state index < -0.39 is 24.0 Å². The lowest BCUT2D eigenvalue weighted by Gasteiger charge is -2.43. The Labute approximate surface area is 197 Å². The van der Waals surface area contributed by atoms with Crippen LogP contribution in [-0.2, 0) is 31.1 Å². The molecule has 0 unspecified atom stereocenters. The van der Waals surface area contributed by atoms with Gasteiger partial charge in [-0.15, -0.1) is 0 Å². The number of benzene rings is 2. The maximum absolute atomic E-state index is 13.1. The monoisotopic (exact) mass is 471 g/mol. The van der Waals surface area contributed by atoms with Crippen molar-refractivity contribution in [3.63, 3.8) is 0 Å². The normalized spacial score (nSPS) is 19.6. The number of hydrogen-bond acceptors (Lipinski definition) is 6. The highest BCUT2D eigenvalue weighted by Crippen LogP contribution is 2.42. The second-order valence-corrected chi connectivity index (χ2v) is 8.65. The van der Waals surface area contributed by atoms with Gasteiger partial charge >= 0.3 is 5.97 Å². The largest absolute Gasteiger partial charge is 0.486 e. The number of halogens is 1. The molecular weight excluding hydrogens is 446 g/mol. The Hall–Kier alpha value is -3.06. The van der Waals surface area contributed by atoms with Gasteiger partial charge in [-0.05, 0) is 43.0 Å². The van der Waals surface area contributed by atoms with Crippen molar-refractivity contribution >= 4 is 29.3 Å². The Kier molecular flexibility index (Phi) is 6.88. The van der Waals surface area contributed by atoms with E-state index in [1.807, 2.05) is 0 Å². The van der Waals surface area contributed by atoms with Gasteiger partial charge in [0.1, 0.15) is 18.8 Å². The van der Waals surface area contributed by atoms with E-state index in [0.29, 0.717) is 53.7 Å². The molecule has 2 aromatic rings. The predicted molar refractivity (Wildman–Crippen MR) is 121 cm³/mol. The number of hydrogen-bond donors (Lipinski definition) is 0. The number of nitrogens with zero attached hydrogens (tertiary/aromatic N) is 1. The van der Waals surface area contributed by atoms with Crippen molar-refractivity contribution in [2.45, 2.75) is 37.6 Å². The van der Waals surface area contributed by atoms with Crippen LogP contribution in [-0.4, -0.2) is 49.4 Å². The van der Waals surface area contributed by atoms with Crippen LogP contribution >= 0.6 is 11.6 Å². The number of likely N-dealkylation sites (N-methyl/N-ethyl adjacent to an activating group) is 1. The third-order valence-electron chi connectivity index (χ3n) is 6.23. The van der Waals surface area contributed by atoms with Crippen molar-refractivity contribution in [2.75, 3.05) is 26.9 Å². The molecule has 8 heteroatoms. The fourth-order valence-corrected chi connectivity index (χ4v) is 4.79. The molecule has 1 heterocycles. The fourth-order valence-electron chi connectivity index (χ4n) is 4.50. The molecule has 0 N–H and O–H groups in total. The summed E-state index contributed by atoms with van der Waals surface area (Å²) in [6, 6.07) is 12.3. The van der Waals surface area contributed by atoms with Crippen LogP contribution in [0.3, 0.4) is 0 Å². The number of amides is 1. The van der Waals surface area contributed by atoms with Gasteiger partial charge in [0.05, 0.1) is 6.42 Å². The number of ketones is 1. The van der Waals surface area contributed by atoms with E-state index in [0.717, 1.165) is 12.8 Å². The first-order valence-electron chi connectivity index (χ1n) is 11.0. The van der Waals surface area contributed by atoms with Gasteiger partial charge in [0, 0.05) is 24.1 Å². The maximum Gasteiger partial charge on any atom is 0.310 e. The zero-order valence-corrected chi connectivity index (χ0v) is 19.2. The molecule has 0 bridgehead atoms. The molecule has 2 aliphatic rings. The highest BCUT2D eigenvalue weighted by atomic mass is 35.5. The summed E-state index contributed by atoms with van der Waals surface area (Å²) in [5, 5.41) is 0.433. The summed E-state index contributed by atoms with van der Waals surface area (Å²) in [5.41, 5.74) is 0.144. The van der Waals surface area contributed by atoms with Gasteiger partial charge in [-0.25, -0.2) is 0 Å². The van der Waals surface area contributed by atoms with Crippen LogP contribution in [0.2, 0.25) is 5.02 Å². The molecule has 1 aliphatic heterocycles. The standard InChI is InChI=1S/C25H26ClNO6/c1-27(25(11-5-4-8-22(25)28)18-6-2-3-7-19(18)26)23(29)16-33-24(30)15-17-9-10-20-21(14-17)32-13-12-31-20/h2-3,6-7,9-10,14H,4-5,8,11-13,15-16H2,1H3/t25-/m0/s1. The molecule has 1 aliphatic carbocycles. The summed E-state index contributed by atoms with van der Waals surface area (Å²) in [6.45, 7) is 0.481. The van der Waals surface area contributed by atoms with Crippen LogP contribution in [0.5, 0.6) is 11.5 Å². The fraction of sp³-hybridized carbons (Fsp3) is 0.400. The molecule has 2 aromatic carbocycles. The molecule has 7 nitrogen and oxygen atoms in total. The van der Waals surface area contributed by atoms with E-state index in [9.17, 15) is 14.4 Å². The van der Waals surface area contributed by atoms with Crippen molar-refractivity contribution in [1.82, 2.24) is 4.90 Å². The summed E-state index contributed by atoms with van der Waals surface area (Å²) in [6.07, 6.45) is 2.40. The van der Waals surface area contributed by atoms with E-state index in [-0.39, 0.29) is 12.2 Å². The number of carbonyl (C=O) groups excluding carboxylic acids is 3. The van der Waals surface area contributed by atoms with Crippen LogP contribution < -0.4 is 9.47 Å². The minimum absolute atomic E-state index is 0.0117. The van der Waals surface area contributed by atoms with Crippen LogP contribution in [0.15, 0.2) is 42.5 Å². The average molecular weight is 472 g/mol. The lowest BCUT2D eigenvalue weighted by atomic mass is 9.74. The molecule has 1 atom stereocenters. The molecule has 0 aromatic heterocycles. The van der Waals surface area contributed by atoms with Gasteiger partial charge in [-0.1, -0.05) is 35.9 Å². The molecule has 0 spiro atoms. The molecule has 1 amide bonds. The number of esters is 1. The second-order valence-electron chi connectivity index (χ2n) is 8.24. The van der Waals surface area contributed by atoms with Crippen LogP contribution in [0.4, 0.5) is 0 Å². The Balaban J connectivity index is 1.44. The van der Waals surface area contributed by atoms with Crippen molar-refractivity contribution in [2.24, 2.45) is 0 Å². The van der Waals surface area contributed by atoms with Crippen molar-refractivity contribution < 1.29 is 28.6 Å². The minimum Gasteiger partial charge on any atom is -0.486 e. The number of rotatable bonds is 6. The summed E-state index contributed by atoms with van der Waals surface area (Å²) >= 11 is 6.43. The van der Waals surface area contributed by atoms with Gasteiger partial charge in [0.25, 0.3) is 5.91 Å². The summed E-state index contributed by atoms with van der Waals surface area (Å²) in [7, 11) is 1.57. The summed E-state index contributed by atoms with van der Waals surface area (Å²) in [5.74, 6) is 0.160. The highest BCUT2D eigenvalue weighted by Gasteiger charge is 2.48. The van der Waals surface area contributed by atoms with E-state index in [2.05, 4.69) is 0 Å². The first kappa shape index (κ1) is 23.1. The van der Waals surface area contributed by atoms with Crippen molar-refractivity contribution in [1.29, 1.82) is 0 Å². The van der Waals surface area contributed by atoms with Gasteiger partial charge in [0.15, 0.2) is 23.9 Å². The molecular formula is C25H26ClNO6. The van der Waals surface area contributed by atoms with Crippen molar-refractivity contribution in [3.8, 4) is 11.5 Å². The quantitative estimate of drug-likeness (QED) is 0.597. The highest BCUT2D eigenvalue weighted by molar-refractivity contribution is 6.31. The average Bonchev–Trinajstić information content (AvgIpc) is 2.83. The van der Waals surface area contributed by atoms with E-state index in [1.165, 1.54) is 4.90 Å². The molecule has 174 valence electrons. The number of carbonyl (C=O) groups is 3. The van der Waals surface area contributed by atoms with E-state index >= 15 is 0 Å². The number of fused-ring (bicyclic) bond motifs is 1. The second kappa shape index (κ2) is 9.83. The van der Waals surface area contributed by atoms with Crippen LogP contribution in [0, 0.1) is 0 Å². The lowest BCUT2D eigenvalue weighted by Crippen LogP contribution is -2.55. The topological polar surface area (TPSA) is 82.1 Å². The third kappa shape index (κ3) is 4.69. The SMILES string of the molecule is CN(C(=O)COC(=O)Cc1ccc2c(c1)OCCO2)[C@]1(c2ccccc2Cl)CCCCC1=O. The lowest BCUT2D eigenvalue weighted by molar-refractivity contribution is -0.157. The van der Waals surface area contributed by atoms with Gasteiger partial charge in [-0.2, -0.15) is 0 Å². The van der Waals surface area contributed by atoms with Gasteiger partial charge in [0.2, 0.25) is 0 Å². The smallest absolute Gasteiger partial charge is 0.310 e. The Morgan fingerprint density at radius 1 is 1.09 bits per heavy atom. The Bertz CT molecular complexity index is 1070. The number of ether oxygens (including phenoxy) is 3. The minimum atomic E-state index is -1.16. The molecule has 1 saturated carbocycles. The van der Waals surface area contributed by atoms with E-state index in [4.69, 9.17) is 25.8 Å². The van der Waals surface area contributed by atoms with Crippen LogP contribution in [0.1, 0.15) is 36.8 Å². The molecule has 1 fully saturated rings. The molecule has 33 heavy (non-hydrogen) atoms. The Morgan fingerprint density at radius 3 is 2.61 bits per heavy atom. The van der Waals surface area contributed by atoms with Crippen LogP contribution in [0.25, 0.3) is 0 Å². The zero-order chi connectivity index (χ0) is 23.4. The van der Waals surface area contributed by atoms with Gasteiger partial charge in [-0.3, -0.25) is 14.4 Å². The first-order chi connectivity index (χ1) is 15.9. The maximum atomic E-state index is 13.1. The summed E-state index contributed by atoms with van der Waals surface area (Å²) < 4.78 is 16.3. The Morgan fingerprint density at radius 2 is 1.85 bits per heavy atom.